The molecule has 0 aromatic heterocycles. The highest BCUT2D eigenvalue weighted by Gasteiger charge is 2.08. The van der Waals surface area contributed by atoms with Crippen molar-refractivity contribution in [3.05, 3.63) is 48.0 Å². The summed E-state index contributed by atoms with van der Waals surface area (Å²) in [7, 11) is 0. The average molecular weight is 594 g/mol. The SMILES string of the molecule is CCCCCCCCCCCCOc1ccc(N=Nc2ccc(C(=O)[O-])cc2)cc1OCCCCCCCCCCCC. The van der Waals surface area contributed by atoms with Gasteiger partial charge in [-0.3, -0.25) is 0 Å². The zero-order valence-electron chi connectivity index (χ0n) is 27.1. The molecule has 240 valence electrons. The number of ether oxygens (including phenoxy) is 2. The third kappa shape index (κ3) is 17.7. The van der Waals surface area contributed by atoms with E-state index >= 15 is 0 Å². The van der Waals surface area contributed by atoms with Crippen LogP contribution in [-0.2, 0) is 0 Å². The maximum atomic E-state index is 11.0. The van der Waals surface area contributed by atoms with Crippen molar-refractivity contribution >= 4 is 17.3 Å². The summed E-state index contributed by atoms with van der Waals surface area (Å²) >= 11 is 0. The number of aromatic carboxylic acids is 1. The minimum absolute atomic E-state index is 0.116. The molecule has 0 radical (unpaired) electrons. The highest BCUT2D eigenvalue weighted by atomic mass is 16.5. The van der Waals surface area contributed by atoms with Crippen LogP contribution in [0.4, 0.5) is 11.4 Å². The molecule has 0 heterocycles. The Morgan fingerprint density at radius 1 is 0.535 bits per heavy atom. The number of nitrogens with zero attached hydrogens (tertiary/aromatic N) is 2. The van der Waals surface area contributed by atoms with Crippen LogP contribution in [0.5, 0.6) is 11.5 Å². The van der Waals surface area contributed by atoms with Crippen LogP contribution in [0.15, 0.2) is 52.7 Å². The van der Waals surface area contributed by atoms with Gasteiger partial charge in [-0.25, -0.2) is 0 Å². The lowest BCUT2D eigenvalue weighted by atomic mass is 10.1. The summed E-state index contributed by atoms with van der Waals surface area (Å²) in [6.45, 7) is 5.85. The molecule has 0 unspecified atom stereocenters. The van der Waals surface area contributed by atoms with Crippen molar-refractivity contribution in [1.82, 2.24) is 0 Å². The molecule has 0 saturated carbocycles. The Morgan fingerprint density at radius 3 is 1.40 bits per heavy atom. The number of carboxylic acids is 1. The predicted molar refractivity (Wildman–Crippen MR) is 176 cm³/mol. The Kier molecular flexibility index (Phi) is 20.7. The summed E-state index contributed by atoms with van der Waals surface area (Å²) in [4.78, 5) is 11.0. The highest BCUT2D eigenvalue weighted by molar-refractivity contribution is 5.86. The summed E-state index contributed by atoms with van der Waals surface area (Å²) in [5, 5.41) is 19.6. The largest absolute Gasteiger partial charge is 0.545 e. The minimum atomic E-state index is -1.21. The van der Waals surface area contributed by atoms with Gasteiger partial charge in [0.2, 0.25) is 0 Å². The molecule has 0 N–H and O–H groups in total. The molecule has 0 amide bonds. The first kappa shape index (κ1) is 36.3. The normalized spacial score (nSPS) is 11.3. The topological polar surface area (TPSA) is 83.3 Å². The van der Waals surface area contributed by atoms with Crippen LogP contribution in [0.25, 0.3) is 0 Å². The van der Waals surface area contributed by atoms with Gasteiger partial charge in [0, 0.05) is 6.07 Å². The van der Waals surface area contributed by atoms with Crippen LogP contribution in [0, 0.1) is 0 Å². The molecule has 0 atom stereocenters. The molecule has 2 rings (SSSR count). The summed E-state index contributed by atoms with van der Waals surface area (Å²) < 4.78 is 12.3. The van der Waals surface area contributed by atoms with Crippen molar-refractivity contribution in [1.29, 1.82) is 0 Å². The van der Waals surface area contributed by atoms with E-state index in [0.717, 1.165) is 18.6 Å². The van der Waals surface area contributed by atoms with E-state index in [1.807, 2.05) is 18.2 Å². The fraction of sp³-hybridized carbons (Fsp3) is 0.649. The van der Waals surface area contributed by atoms with E-state index in [4.69, 9.17) is 9.47 Å². The fourth-order valence-electron chi connectivity index (χ4n) is 5.11. The molecular formula is C37H57N2O4-. The minimum Gasteiger partial charge on any atom is -0.545 e. The first-order valence-electron chi connectivity index (χ1n) is 17.3. The van der Waals surface area contributed by atoms with Crippen molar-refractivity contribution in [3.8, 4) is 11.5 Å². The Bertz CT molecular complexity index is 1010. The second kappa shape index (κ2) is 24.5. The van der Waals surface area contributed by atoms with Crippen LogP contribution in [0.2, 0.25) is 0 Å². The van der Waals surface area contributed by atoms with Gasteiger partial charge < -0.3 is 19.4 Å². The van der Waals surface area contributed by atoms with Crippen LogP contribution in [0.3, 0.4) is 0 Å². The van der Waals surface area contributed by atoms with Crippen molar-refractivity contribution in [3.63, 3.8) is 0 Å². The number of carbonyl (C=O) groups is 1. The Hall–Kier alpha value is -2.89. The maximum absolute atomic E-state index is 11.0. The number of hydrogen-bond donors (Lipinski definition) is 0. The Morgan fingerprint density at radius 2 is 0.930 bits per heavy atom. The van der Waals surface area contributed by atoms with E-state index in [0.29, 0.717) is 30.3 Å². The van der Waals surface area contributed by atoms with Crippen molar-refractivity contribution in [2.45, 2.75) is 142 Å². The zero-order chi connectivity index (χ0) is 30.8. The molecule has 6 heteroatoms. The molecule has 0 aliphatic rings. The molecule has 0 spiro atoms. The number of carboxylic acid groups (broad SMARTS) is 1. The van der Waals surface area contributed by atoms with Gasteiger partial charge in [0.15, 0.2) is 11.5 Å². The van der Waals surface area contributed by atoms with Crippen LogP contribution in [0.1, 0.15) is 153 Å². The summed E-state index contributed by atoms with van der Waals surface area (Å²) in [6.07, 6.45) is 25.8. The number of hydrogen-bond acceptors (Lipinski definition) is 6. The molecule has 0 saturated heterocycles. The third-order valence-electron chi connectivity index (χ3n) is 7.82. The van der Waals surface area contributed by atoms with Crippen molar-refractivity contribution in [2.24, 2.45) is 10.2 Å². The molecule has 2 aromatic rings. The molecule has 43 heavy (non-hydrogen) atoms. The van der Waals surface area contributed by atoms with E-state index in [1.54, 1.807) is 12.1 Å². The maximum Gasteiger partial charge on any atom is 0.163 e. The van der Waals surface area contributed by atoms with Crippen LogP contribution >= 0.6 is 0 Å². The Labute approximate surface area is 261 Å². The lowest BCUT2D eigenvalue weighted by molar-refractivity contribution is -0.255. The molecule has 0 bridgehead atoms. The van der Waals surface area contributed by atoms with E-state index < -0.39 is 5.97 Å². The summed E-state index contributed by atoms with van der Waals surface area (Å²) in [6, 6.07) is 11.8. The fourth-order valence-corrected chi connectivity index (χ4v) is 5.11. The van der Waals surface area contributed by atoms with Gasteiger partial charge in [-0.15, -0.1) is 0 Å². The summed E-state index contributed by atoms with van der Waals surface area (Å²) in [5.74, 6) is 0.244. The predicted octanol–water partition coefficient (Wildman–Crippen LogP) is 11.1. The highest BCUT2D eigenvalue weighted by Crippen LogP contribution is 2.33. The van der Waals surface area contributed by atoms with Crippen LogP contribution in [-0.4, -0.2) is 19.2 Å². The first-order chi connectivity index (χ1) is 21.1. The van der Waals surface area contributed by atoms with Gasteiger partial charge in [-0.2, -0.15) is 10.2 Å². The lowest BCUT2D eigenvalue weighted by Gasteiger charge is -2.13. The molecule has 0 aliphatic heterocycles. The second-order valence-corrected chi connectivity index (χ2v) is 11.7. The van der Waals surface area contributed by atoms with Gasteiger partial charge in [-0.05, 0) is 42.7 Å². The quantitative estimate of drug-likeness (QED) is 0.0762. The standard InChI is InChI=1S/C37H58N2O4/c1-3-5-7-9-11-13-15-17-19-21-29-42-35-28-27-34(39-38-33-25-23-32(24-26-33)37(40)41)31-36(35)43-30-22-20-18-16-14-12-10-8-6-4-2/h23-28,31H,3-22,29-30H2,1-2H3,(H,40,41)/p-1. The first-order valence-corrected chi connectivity index (χ1v) is 17.3. The molecule has 2 aromatic carbocycles. The molecular weight excluding hydrogens is 536 g/mol. The number of rotatable bonds is 27. The van der Waals surface area contributed by atoms with Gasteiger partial charge in [0.25, 0.3) is 0 Å². The van der Waals surface area contributed by atoms with Gasteiger partial charge >= 0.3 is 0 Å². The van der Waals surface area contributed by atoms with Gasteiger partial charge in [0.1, 0.15) is 0 Å². The van der Waals surface area contributed by atoms with Crippen LogP contribution < -0.4 is 14.6 Å². The monoisotopic (exact) mass is 593 g/mol. The van der Waals surface area contributed by atoms with Crippen molar-refractivity contribution in [2.75, 3.05) is 13.2 Å². The smallest absolute Gasteiger partial charge is 0.163 e. The number of carbonyl (C=O) groups excluding carboxylic acids is 1. The third-order valence-corrected chi connectivity index (χ3v) is 7.82. The van der Waals surface area contributed by atoms with E-state index in [9.17, 15) is 9.90 Å². The van der Waals surface area contributed by atoms with Crippen molar-refractivity contribution < 1.29 is 19.4 Å². The summed E-state index contributed by atoms with van der Waals surface area (Å²) in [5.41, 5.74) is 1.35. The molecule has 6 nitrogen and oxygen atoms in total. The number of benzene rings is 2. The average Bonchev–Trinajstić information content (AvgIpc) is 3.02. The second-order valence-electron chi connectivity index (χ2n) is 11.7. The van der Waals surface area contributed by atoms with Gasteiger partial charge in [-0.1, -0.05) is 142 Å². The van der Waals surface area contributed by atoms with Gasteiger partial charge in [0.05, 0.1) is 30.6 Å². The molecule has 0 fully saturated rings. The zero-order valence-corrected chi connectivity index (χ0v) is 27.1. The number of azo groups is 1. The molecule has 0 aliphatic carbocycles. The van der Waals surface area contributed by atoms with E-state index in [-0.39, 0.29) is 5.56 Å². The number of unbranched alkanes of at least 4 members (excludes halogenated alkanes) is 18. The van der Waals surface area contributed by atoms with E-state index in [2.05, 4.69) is 24.1 Å². The Balaban J connectivity index is 1.80. The van der Waals surface area contributed by atoms with E-state index in [1.165, 1.54) is 128 Å². The lowest BCUT2D eigenvalue weighted by Crippen LogP contribution is -2.21.